The van der Waals surface area contributed by atoms with E-state index in [4.69, 9.17) is 0 Å². The van der Waals surface area contributed by atoms with Crippen LogP contribution in [-0.2, 0) is 0 Å². The molecule has 1 fully saturated rings. The molecule has 1 aliphatic rings. The smallest absolute Gasteiger partial charge is 0.179 e. The average Bonchev–Trinajstić information content (AvgIpc) is 2.89. The monoisotopic (exact) mass is 307 g/mol. The van der Waals surface area contributed by atoms with E-state index in [2.05, 4.69) is 36.7 Å². The van der Waals surface area contributed by atoms with E-state index in [0.717, 1.165) is 35.5 Å². The molecule has 2 heterocycles. The van der Waals surface area contributed by atoms with Crippen molar-refractivity contribution in [3.05, 3.63) is 34.6 Å². The van der Waals surface area contributed by atoms with Crippen LogP contribution in [0.2, 0.25) is 0 Å². The second-order valence-corrected chi connectivity index (χ2v) is 5.38. The Morgan fingerprint density at radius 3 is 3.11 bits per heavy atom. The van der Waals surface area contributed by atoms with E-state index in [-0.39, 0.29) is 0 Å². The summed E-state index contributed by atoms with van der Waals surface area (Å²) in [4.78, 5) is 1.59. The molecule has 0 radical (unpaired) electrons. The highest BCUT2D eigenvalue weighted by Gasteiger charge is 2.20. The van der Waals surface area contributed by atoms with Gasteiger partial charge in [0.1, 0.15) is 0 Å². The topological polar surface area (TPSA) is 55.6 Å². The van der Waals surface area contributed by atoms with Crippen LogP contribution < -0.4 is 5.32 Å². The van der Waals surface area contributed by atoms with Gasteiger partial charge in [0.25, 0.3) is 0 Å². The van der Waals surface area contributed by atoms with E-state index in [1.54, 1.807) is 4.80 Å². The maximum Gasteiger partial charge on any atom is 0.179 e. The number of hydrogen-bond acceptors (Lipinski definition) is 4. The van der Waals surface area contributed by atoms with Gasteiger partial charge in [-0.05, 0) is 42.8 Å². The Bertz CT molecular complexity index is 533. The first kappa shape index (κ1) is 11.8. The van der Waals surface area contributed by atoms with E-state index in [1.807, 2.05) is 24.3 Å². The van der Waals surface area contributed by atoms with Crippen LogP contribution in [0.3, 0.4) is 0 Å². The van der Waals surface area contributed by atoms with Crippen molar-refractivity contribution in [1.29, 1.82) is 0 Å². The molecule has 0 bridgehead atoms. The molecule has 1 aromatic heterocycles. The predicted octanol–water partition coefficient (Wildman–Crippen LogP) is 1.89. The van der Waals surface area contributed by atoms with Crippen molar-refractivity contribution in [1.82, 2.24) is 25.5 Å². The van der Waals surface area contributed by atoms with Gasteiger partial charge in [0.05, 0.1) is 5.69 Å². The van der Waals surface area contributed by atoms with Crippen molar-refractivity contribution in [3.8, 4) is 5.69 Å². The van der Waals surface area contributed by atoms with Gasteiger partial charge in [-0.3, -0.25) is 0 Å². The van der Waals surface area contributed by atoms with Crippen molar-refractivity contribution < 1.29 is 0 Å². The Labute approximate surface area is 114 Å². The highest BCUT2D eigenvalue weighted by Crippen LogP contribution is 2.20. The van der Waals surface area contributed by atoms with Gasteiger partial charge in [-0.1, -0.05) is 22.0 Å². The number of benzene rings is 1. The lowest BCUT2D eigenvalue weighted by Gasteiger charge is -2.19. The van der Waals surface area contributed by atoms with Crippen molar-refractivity contribution in [2.24, 2.45) is 0 Å². The fourth-order valence-corrected chi connectivity index (χ4v) is 2.56. The molecule has 0 spiro atoms. The van der Waals surface area contributed by atoms with Crippen LogP contribution in [0.4, 0.5) is 0 Å². The molecule has 94 valence electrons. The molecule has 1 N–H and O–H groups in total. The summed E-state index contributed by atoms with van der Waals surface area (Å²) in [5.74, 6) is 1.22. The fourth-order valence-electron chi connectivity index (χ4n) is 2.17. The number of halogens is 1. The molecular weight excluding hydrogens is 294 g/mol. The third-order valence-corrected chi connectivity index (χ3v) is 3.62. The zero-order valence-electron chi connectivity index (χ0n) is 9.88. The molecule has 3 rings (SSSR count). The number of piperidine rings is 1. The van der Waals surface area contributed by atoms with Gasteiger partial charge in [-0.15, -0.1) is 15.0 Å². The van der Waals surface area contributed by atoms with E-state index >= 15 is 0 Å². The molecular formula is C12H14BrN5. The first-order chi connectivity index (χ1) is 8.83. The van der Waals surface area contributed by atoms with Gasteiger partial charge in [-0.2, -0.15) is 0 Å². The Balaban J connectivity index is 1.84. The second kappa shape index (κ2) is 5.16. The SMILES string of the molecule is Brc1cccc(-n2nnc(C3CCCNC3)n2)c1. The van der Waals surface area contributed by atoms with Crippen LogP contribution in [0.5, 0.6) is 0 Å². The molecule has 0 amide bonds. The highest BCUT2D eigenvalue weighted by molar-refractivity contribution is 9.10. The predicted molar refractivity (Wildman–Crippen MR) is 71.7 cm³/mol. The third kappa shape index (κ3) is 2.44. The quantitative estimate of drug-likeness (QED) is 0.920. The molecule has 18 heavy (non-hydrogen) atoms. The number of aromatic nitrogens is 4. The Morgan fingerprint density at radius 1 is 1.39 bits per heavy atom. The van der Waals surface area contributed by atoms with Gasteiger partial charge in [0.15, 0.2) is 5.82 Å². The first-order valence-corrected chi connectivity index (χ1v) is 6.89. The third-order valence-electron chi connectivity index (χ3n) is 3.13. The van der Waals surface area contributed by atoms with E-state index in [1.165, 1.54) is 6.42 Å². The van der Waals surface area contributed by atoms with Crippen LogP contribution in [0.25, 0.3) is 5.69 Å². The second-order valence-electron chi connectivity index (χ2n) is 4.46. The van der Waals surface area contributed by atoms with Gasteiger partial charge < -0.3 is 5.32 Å². The van der Waals surface area contributed by atoms with Gasteiger partial charge in [0.2, 0.25) is 0 Å². The van der Waals surface area contributed by atoms with Gasteiger partial charge >= 0.3 is 0 Å². The lowest BCUT2D eigenvalue weighted by atomic mass is 9.99. The minimum Gasteiger partial charge on any atom is -0.316 e. The zero-order valence-corrected chi connectivity index (χ0v) is 11.5. The van der Waals surface area contributed by atoms with Gasteiger partial charge in [-0.25, -0.2) is 0 Å². The molecule has 0 saturated carbocycles. The molecule has 6 heteroatoms. The van der Waals surface area contributed by atoms with Gasteiger partial charge in [0, 0.05) is 16.9 Å². The molecule has 1 saturated heterocycles. The number of hydrogen-bond donors (Lipinski definition) is 1. The molecule has 1 aliphatic heterocycles. The van der Waals surface area contributed by atoms with Crippen molar-refractivity contribution in [3.63, 3.8) is 0 Å². The Hall–Kier alpha value is -1.27. The summed E-state index contributed by atoms with van der Waals surface area (Å²) in [6.07, 6.45) is 2.31. The lowest BCUT2D eigenvalue weighted by Crippen LogP contribution is -2.29. The lowest BCUT2D eigenvalue weighted by molar-refractivity contribution is 0.446. The maximum atomic E-state index is 4.48. The van der Waals surface area contributed by atoms with Crippen LogP contribution in [0.1, 0.15) is 24.6 Å². The number of nitrogens with one attached hydrogen (secondary N) is 1. The molecule has 0 aliphatic carbocycles. The summed E-state index contributed by atoms with van der Waals surface area (Å²) in [6.45, 7) is 2.04. The molecule has 1 atom stereocenters. The standard InChI is InChI=1S/C12H14BrN5/c13-10-4-1-5-11(7-10)18-16-12(15-17-18)9-3-2-6-14-8-9/h1,4-5,7,9,14H,2-3,6,8H2. The number of tetrazole rings is 1. The summed E-state index contributed by atoms with van der Waals surface area (Å²) in [7, 11) is 0. The molecule has 2 aromatic rings. The Morgan fingerprint density at radius 2 is 2.33 bits per heavy atom. The van der Waals surface area contributed by atoms with Crippen LogP contribution in [0.15, 0.2) is 28.7 Å². The summed E-state index contributed by atoms with van der Waals surface area (Å²) in [5.41, 5.74) is 0.923. The number of rotatable bonds is 2. The zero-order chi connectivity index (χ0) is 12.4. The van der Waals surface area contributed by atoms with E-state index in [0.29, 0.717) is 5.92 Å². The first-order valence-electron chi connectivity index (χ1n) is 6.09. The fraction of sp³-hybridized carbons (Fsp3) is 0.417. The largest absolute Gasteiger partial charge is 0.316 e. The highest BCUT2D eigenvalue weighted by atomic mass is 79.9. The van der Waals surface area contributed by atoms with Crippen molar-refractivity contribution in [2.75, 3.05) is 13.1 Å². The van der Waals surface area contributed by atoms with E-state index < -0.39 is 0 Å². The minimum absolute atomic E-state index is 0.389. The van der Waals surface area contributed by atoms with Crippen molar-refractivity contribution in [2.45, 2.75) is 18.8 Å². The van der Waals surface area contributed by atoms with Crippen LogP contribution in [0, 0.1) is 0 Å². The molecule has 1 unspecified atom stereocenters. The molecule has 5 nitrogen and oxygen atoms in total. The summed E-state index contributed by atoms with van der Waals surface area (Å²) in [5, 5.41) is 16.1. The van der Waals surface area contributed by atoms with Crippen molar-refractivity contribution >= 4 is 15.9 Å². The summed E-state index contributed by atoms with van der Waals surface area (Å²) >= 11 is 3.44. The number of nitrogens with zero attached hydrogens (tertiary/aromatic N) is 4. The molecule has 1 aromatic carbocycles. The Kier molecular flexibility index (Phi) is 3.38. The minimum atomic E-state index is 0.389. The van der Waals surface area contributed by atoms with Crippen LogP contribution in [-0.4, -0.2) is 33.3 Å². The maximum absolute atomic E-state index is 4.48. The summed E-state index contributed by atoms with van der Waals surface area (Å²) < 4.78 is 1.01. The average molecular weight is 308 g/mol. The van der Waals surface area contributed by atoms with E-state index in [9.17, 15) is 0 Å². The normalized spacial score (nSPS) is 19.9. The van der Waals surface area contributed by atoms with Crippen LogP contribution >= 0.6 is 15.9 Å². The summed E-state index contributed by atoms with van der Waals surface area (Å²) in [6, 6.07) is 7.89.